The number of rotatable bonds is 4. The third-order valence-corrected chi connectivity index (χ3v) is 5.14. The van der Waals surface area contributed by atoms with Crippen molar-refractivity contribution in [1.82, 2.24) is 0 Å². The molecule has 0 aliphatic carbocycles. The number of aliphatic imine (C=N–C) groups is 1. The van der Waals surface area contributed by atoms with E-state index in [1.54, 1.807) is 59.5 Å². The van der Waals surface area contributed by atoms with Gasteiger partial charge in [-0.25, -0.2) is 9.79 Å². The van der Waals surface area contributed by atoms with Crippen LogP contribution in [0.1, 0.15) is 27.0 Å². The third-order valence-electron chi connectivity index (χ3n) is 4.89. The molecular weight excluding hydrogens is 412 g/mol. The molecule has 0 atom stereocenters. The van der Waals surface area contributed by atoms with E-state index >= 15 is 0 Å². The van der Waals surface area contributed by atoms with Crippen LogP contribution in [0.3, 0.4) is 0 Å². The van der Waals surface area contributed by atoms with E-state index in [9.17, 15) is 9.59 Å². The fourth-order valence-corrected chi connectivity index (χ4v) is 3.36. The number of benzene rings is 3. The summed E-state index contributed by atoms with van der Waals surface area (Å²) in [5, 5.41) is 0.589. The van der Waals surface area contributed by atoms with Gasteiger partial charge in [0.25, 0.3) is 5.91 Å². The molecular formula is C25H19ClN2O3. The van der Waals surface area contributed by atoms with Crippen LogP contribution < -0.4 is 4.90 Å². The van der Waals surface area contributed by atoms with Crippen molar-refractivity contribution in [1.29, 1.82) is 0 Å². The van der Waals surface area contributed by atoms with Crippen LogP contribution in [0, 0.1) is 6.92 Å². The summed E-state index contributed by atoms with van der Waals surface area (Å²) in [4.78, 5) is 31.2. The number of amides is 1. The van der Waals surface area contributed by atoms with Crippen molar-refractivity contribution in [2.45, 2.75) is 6.92 Å². The number of carbonyl (C=O) groups excluding carboxylic acids is 2. The van der Waals surface area contributed by atoms with E-state index < -0.39 is 5.97 Å². The van der Waals surface area contributed by atoms with Crippen molar-refractivity contribution >= 4 is 41.1 Å². The molecule has 0 radical (unpaired) electrons. The molecule has 0 bridgehead atoms. The Morgan fingerprint density at radius 3 is 2.23 bits per heavy atom. The zero-order valence-corrected chi connectivity index (χ0v) is 17.8. The zero-order valence-electron chi connectivity index (χ0n) is 17.0. The van der Waals surface area contributed by atoms with Gasteiger partial charge in [-0.1, -0.05) is 53.6 Å². The van der Waals surface area contributed by atoms with Crippen molar-refractivity contribution in [3.8, 4) is 0 Å². The predicted molar refractivity (Wildman–Crippen MR) is 122 cm³/mol. The molecule has 0 N–H and O–H groups in total. The van der Waals surface area contributed by atoms with Gasteiger partial charge in [0.15, 0.2) is 0 Å². The van der Waals surface area contributed by atoms with E-state index in [0.717, 1.165) is 16.7 Å². The molecule has 0 fully saturated rings. The van der Waals surface area contributed by atoms with Crippen LogP contribution in [0.2, 0.25) is 5.02 Å². The van der Waals surface area contributed by atoms with Gasteiger partial charge in [-0.3, -0.25) is 9.69 Å². The molecule has 6 heteroatoms. The summed E-state index contributed by atoms with van der Waals surface area (Å²) in [6.45, 7) is 2.01. The van der Waals surface area contributed by atoms with Crippen molar-refractivity contribution in [2.75, 3.05) is 12.0 Å². The number of hydrogen-bond donors (Lipinski definition) is 0. The summed E-state index contributed by atoms with van der Waals surface area (Å²) in [5.74, 6) is -0.107. The first-order valence-corrected chi connectivity index (χ1v) is 10.00. The maximum atomic E-state index is 13.3. The molecule has 1 amide bonds. The number of aryl methyl sites for hydroxylation is 1. The van der Waals surface area contributed by atoms with Crippen LogP contribution in [0.4, 0.5) is 5.69 Å². The topological polar surface area (TPSA) is 59.0 Å². The third kappa shape index (κ3) is 4.27. The Morgan fingerprint density at radius 1 is 0.968 bits per heavy atom. The number of amidine groups is 1. The minimum atomic E-state index is -0.412. The monoisotopic (exact) mass is 430 g/mol. The number of hydrogen-bond acceptors (Lipinski definition) is 4. The quantitative estimate of drug-likeness (QED) is 0.418. The number of carbonyl (C=O) groups is 2. The SMILES string of the molecule is COC(=O)c1ccc(/C=C2/N=C(c3ccc(C)cc3)N(c3ccc(Cl)cc3)C2=O)cc1. The lowest BCUT2D eigenvalue weighted by molar-refractivity contribution is -0.113. The molecule has 4 rings (SSSR count). The van der Waals surface area contributed by atoms with Crippen LogP contribution in [0.5, 0.6) is 0 Å². The number of esters is 1. The van der Waals surface area contributed by atoms with E-state index in [-0.39, 0.29) is 5.91 Å². The number of nitrogens with zero attached hydrogens (tertiary/aromatic N) is 2. The van der Waals surface area contributed by atoms with Gasteiger partial charge in [-0.2, -0.15) is 0 Å². The molecule has 0 spiro atoms. The van der Waals surface area contributed by atoms with Crippen LogP contribution in [-0.4, -0.2) is 24.8 Å². The van der Waals surface area contributed by atoms with Gasteiger partial charge in [0.1, 0.15) is 11.5 Å². The lowest BCUT2D eigenvalue weighted by Gasteiger charge is -2.18. The van der Waals surface area contributed by atoms with Crippen LogP contribution in [-0.2, 0) is 9.53 Å². The van der Waals surface area contributed by atoms with Gasteiger partial charge >= 0.3 is 5.97 Å². The number of halogens is 1. The second-order valence-electron chi connectivity index (χ2n) is 7.06. The first-order chi connectivity index (χ1) is 15.0. The second-order valence-corrected chi connectivity index (χ2v) is 7.50. The number of ether oxygens (including phenoxy) is 1. The second kappa shape index (κ2) is 8.58. The van der Waals surface area contributed by atoms with Crippen molar-refractivity contribution in [3.63, 3.8) is 0 Å². The Bertz CT molecular complexity index is 1200. The molecule has 1 aliphatic heterocycles. The first kappa shape index (κ1) is 20.6. The van der Waals surface area contributed by atoms with Crippen molar-refractivity contribution < 1.29 is 14.3 Å². The lowest BCUT2D eigenvalue weighted by atomic mass is 10.1. The minimum absolute atomic E-state index is 0.241. The van der Waals surface area contributed by atoms with Gasteiger partial charge in [-0.05, 0) is 55.0 Å². The summed E-state index contributed by atoms with van der Waals surface area (Å²) < 4.78 is 4.72. The van der Waals surface area contributed by atoms with Gasteiger partial charge in [0, 0.05) is 10.6 Å². The highest BCUT2D eigenvalue weighted by atomic mass is 35.5. The molecule has 0 saturated heterocycles. The Kier molecular flexibility index (Phi) is 5.69. The summed E-state index contributed by atoms with van der Waals surface area (Å²) >= 11 is 6.03. The van der Waals surface area contributed by atoms with Gasteiger partial charge in [0.2, 0.25) is 0 Å². The van der Waals surface area contributed by atoms with Crippen molar-refractivity contribution in [2.24, 2.45) is 4.99 Å². The van der Waals surface area contributed by atoms with Gasteiger partial charge in [-0.15, -0.1) is 0 Å². The van der Waals surface area contributed by atoms with Crippen LogP contribution in [0.15, 0.2) is 83.5 Å². The average Bonchev–Trinajstić information content (AvgIpc) is 3.10. The Labute approximate surface area is 185 Å². The Hall–Kier alpha value is -3.70. The largest absolute Gasteiger partial charge is 0.465 e. The molecule has 5 nitrogen and oxygen atoms in total. The fourth-order valence-electron chi connectivity index (χ4n) is 3.23. The number of anilines is 1. The fraction of sp³-hybridized carbons (Fsp3) is 0.0800. The summed E-state index contributed by atoms with van der Waals surface area (Å²) in [6, 6.07) is 21.7. The molecule has 154 valence electrons. The molecule has 3 aromatic rings. The maximum absolute atomic E-state index is 13.3. The molecule has 3 aromatic carbocycles. The molecule has 1 aliphatic rings. The van der Waals surface area contributed by atoms with Gasteiger partial charge < -0.3 is 4.74 Å². The number of methoxy groups -OCH3 is 1. The summed E-state index contributed by atoms with van der Waals surface area (Å²) in [5.41, 5.74) is 4.12. The van der Waals surface area contributed by atoms with E-state index in [4.69, 9.17) is 16.3 Å². The van der Waals surface area contributed by atoms with E-state index in [1.807, 2.05) is 31.2 Å². The highest BCUT2D eigenvalue weighted by molar-refractivity contribution is 6.34. The van der Waals surface area contributed by atoms with E-state index in [0.29, 0.717) is 27.8 Å². The summed E-state index contributed by atoms with van der Waals surface area (Å²) in [6.07, 6.45) is 1.70. The zero-order chi connectivity index (χ0) is 22.0. The van der Waals surface area contributed by atoms with Crippen LogP contribution >= 0.6 is 11.6 Å². The summed E-state index contributed by atoms with van der Waals surface area (Å²) in [7, 11) is 1.34. The molecule has 1 heterocycles. The standard InChI is InChI=1S/C25H19ClN2O3/c1-16-3-7-18(8-4-16)23-27-22(15-17-5-9-19(10-6-17)25(30)31-2)24(29)28(23)21-13-11-20(26)12-14-21/h3-15H,1-2H3/b22-15+. The normalized spacial score (nSPS) is 14.7. The Balaban J connectivity index is 1.75. The van der Waals surface area contributed by atoms with Gasteiger partial charge in [0.05, 0.1) is 18.4 Å². The smallest absolute Gasteiger partial charge is 0.337 e. The highest BCUT2D eigenvalue weighted by Crippen LogP contribution is 2.29. The minimum Gasteiger partial charge on any atom is -0.465 e. The lowest BCUT2D eigenvalue weighted by Crippen LogP contribution is -2.32. The molecule has 0 unspecified atom stereocenters. The molecule has 0 aromatic heterocycles. The van der Waals surface area contributed by atoms with E-state index in [2.05, 4.69) is 4.99 Å². The van der Waals surface area contributed by atoms with E-state index in [1.165, 1.54) is 7.11 Å². The predicted octanol–water partition coefficient (Wildman–Crippen LogP) is 5.27. The first-order valence-electron chi connectivity index (χ1n) is 9.62. The molecule has 0 saturated carbocycles. The Morgan fingerprint density at radius 2 is 1.61 bits per heavy atom. The van der Waals surface area contributed by atoms with Crippen LogP contribution in [0.25, 0.3) is 6.08 Å². The highest BCUT2D eigenvalue weighted by Gasteiger charge is 2.32. The average molecular weight is 431 g/mol. The van der Waals surface area contributed by atoms with Crippen molar-refractivity contribution in [3.05, 3.63) is 106 Å². The molecule has 31 heavy (non-hydrogen) atoms. The maximum Gasteiger partial charge on any atom is 0.337 e.